The van der Waals surface area contributed by atoms with Gasteiger partial charge in [0.05, 0.1) is 4.91 Å². The summed E-state index contributed by atoms with van der Waals surface area (Å²) in [5.41, 5.74) is 1.41. The highest BCUT2D eigenvalue weighted by molar-refractivity contribution is 7.96. The van der Waals surface area contributed by atoms with Crippen LogP contribution in [0.25, 0.3) is 0 Å². The van der Waals surface area contributed by atoms with Crippen molar-refractivity contribution in [2.75, 3.05) is 4.72 Å². The molecule has 0 atom stereocenters. The van der Waals surface area contributed by atoms with Crippen LogP contribution in [0.15, 0.2) is 34.7 Å². The summed E-state index contributed by atoms with van der Waals surface area (Å²) < 4.78 is 40.0. The fraction of sp³-hybridized carbons (Fsp3) is 0.429. The van der Waals surface area contributed by atoms with Crippen molar-refractivity contribution in [3.05, 3.63) is 40.6 Å². The van der Waals surface area contributed by atoms with E-state index in [9.17, 15) is 12.8 Å². The first kappa shape index (κ1) is 14.1. The Morgan fingerprint density at radius 1 is 1.16 bits per heavy atom. The Labute approximate surface area is 113 Å². The highest BCUT2D eigenvalue weighted by Crippen LogP contribution is 2.31. The van der Waals surface area contributed by atoms with Gasteiger partial charge in [-0.2, -0.15) is 0 Å². The summed E-state index contributed by atoms with van der Waals surface area (Å²) in [6.07, 6.45) is 4.18. The monoisotopic (exact) mass is 283 g/mol. The molecule has 1 N–H and O–H groups in total. The van der Waals surface area contributed by atoms with Crippen LogP contribution in [0.2, 0.25) is 0 Å². The third-order valence-corrected chi connectivity index (χ3v) is 5.02. The standard InChI is InChI=1S/C14H18FNO2S/c1-2-11-5-3-4-6-14(11)19(17,18)16-13-9-7-12(15)8-10-13/h7-10,16H,2-6H2,1H3. The Hall–Kier alpha value is -1.36. The van der Waals surface area contributed by atoms with Gasteiger partial charge < -0.3 is 0 Å². The number of allylic oxidation sites excluding steroid dienone is 2. The maximum atomic E-state index is 12.8. The minimum Gasteiger partial charge on any atom is -0.280 e. The largest absolute Gasteiger partial charge is 0.280 e. The van der Waals surface area contributed by atoms with E-state index in [0.29, 0.717) is 17.0 Å². The normalized spacial score (nSPS) is 16.5. The average Bonchev–Trinajstić information content (AvgIpc) is 2.41. The van der Waals surface area contributed by atoms with Gasteiger partial charge in [0.25, 0.3) is 10.0 Å². The molecule has 1 aliphatic carbocycles. The van der Waals surface area contributed by atoms with E-state index in [1.807, 2.05) is 6.92 Å². The molecular weight excluding hydrogens is 265 g/mol. The molecule has 1 aromatic rings. The van der Waals surface area contributed by atoms with Crippen LogP contribution in [0.1, 0.15) is 39.0 Å². The molecule has 19 heavy (non-hydrogen) atoms. The zero-order valence-electron chi connectivity index (χ0n) is 10.9. The number of anilines is 1. The predicted octanol–water partition coefficient (Wildman–Crippen LogP) is 3.81. The average molecular weight is 283 g/mol. The molecule has 0 aliphatic heterocycles. The molecule has 5 heteroatoms. The highest BCUT2D eigenvalue weighted by atomic mass is 32.2. The van der Waals surface area contributed by atoms with E-state index >= 15 is 0 Å². The molecule has 1 aromatic carbocycles. The van der Waals surface area contributed by atoms with Crippen LogP contribution in [-0.4, -0.2) is 8.42 Å². The number of hydrogen-bond donors (Lipinski definition) is 1. The molecule has 0 bridgehead atoms. The summed E-state index contributed by atoms with van der Waals surface area (Å²) >= 11 is 0. The third kappa shape index (κ3) is 3.35. The van der Waals surface area contributed by atoms with Crippen molar-refractivity contribution in [2.45, 2.75) is 39.0 Å². The quantitative estimate of drug-likeness (QED) is 0.913. The van der Waals surface area contributed by atoms with E-state index in [4.69, 9.17) is 0 Å². The van der Waals surface area contributed by atoms with Crippen molar-refractivity contribution in [1.82, 2.24) is 0 Å². The van der Waals surface area contributed by atoms with Gasteiger partial charge in [-0.25, -0.2) is 12.8 Å². The number of rotatable bonds is 4. The van der Waals surface area contributed by atoms with Gasteiger partial charge in [-0.15, -0.1) is 0 Å². The molecule has 0 heterocycles. The van der Waals surface area contributed by atoms with Gasteiger partial charge in [0, 0.05) is 5.69 Å². The molecule has 0 aromatic heterocycles. The lowest BCUT2D eigenvalue weighted by atomic mass is 9.98. The lowest BCUT2D eigenvalue weighted by Gasteiger charge is -2.20. The molecule has 0 amide bonds. The van der Waals surface area contributed by atoms with E-state index < -0.39 is 10.0 Å². The van der Waals surface area contributed by atoms with Crippen LogP contribution >= 0.6 is 0 Å². The zero-order chi connectivity index (χ0) is 13.9. The van der Waals surface area contributed by atoms with Gasteiger partial charge in [0.15, 0.2) is 0 Å². The molecule has 0 unspecified atom stereocenters. The van der Waals surface area contributed by atoms with Crippen LogP contribution in [0.3, 0.4) is 0 Å². The smallest absolute Gasteiger partial charge is 0.257 e. The highest BCUT2D eigenvalue weighted by Gasteiger charge is 2.23. The molecule has 3 nitrogen and oxygen atoms in total. The topological polar surface area (TPSA) is 46.2 Å². The Bertz CT molecular complexity index is 576. The van der Waals surface area contributed by atoms with Gasteiger partial charge >= 0.3 is 0 Å². The second-order valence-corrected chi connectivity index (χ2v) is 6.40. The van der Waals surface area contributed by atoms with Gasteiger partial charge in [-0.3, -0.25) is 4.72 Å². The number of nitrogens with one attached hydrogen (secondary N) is 1. The molecule has 104 valence electrons. The van der Waals surface area contributed by atoms with Crippen molar-refractivity contribution in [2.24, 2.45) is 0 Å². The van der Waals surface area contributed by atoms with Crippen LogP contribution in [0.4, 0.5) is 10.1 Å². The fourth-order valence-electron chi connectivity index (χ4n) is 2.37. The second-order valence-electron chi connectivity index (χ2n) is 4.70. The first-order valence-electron chi connectivity index (χ1n) is 6.52. The predicted molar refractivity (Wildman–Crippen MR) is 74.7 cm³/mol. The van der Waals surface area contributed by atoms with E-state index in [1.54, 1.807) is 0 Å². The lowest BCUT2D eigenvalue weighted by Crippen LogP contribution is -2.18. The van der Waals surface area contributed by atoms with Crippen LogP contribution in [0.5, 0.6) is 0 Å². The molecule has 0 fully saturated rings. The summed E-state index contributed by atoms with van der Waals surface area (Å²) in [6.45, 7) is 1.98. The SMILES string of the molecule is CCC1=C(S(=O)(=O)Nc2ccc(F)cc2)CCCC1. The van der Waals surface area contributed by atoms with E-state index in [2.05, 4.69) is 4.72 Å². The molecule has 2 rings (SSSR count). The lowest BCUT2D eigenvalue weighted by molar-refractivity contribution is 0.595. The Balaban J connectivity index is 2.27. The van der Waals surface area contributed by atoms with Gasteiger partial charge in [0.1, 0.15) is 5.82 Å². The van der Waals surface area contributed by atoms with Gasteiger partial charge in [0.2, 0.25) is 0 Å². The van der Waals surface area contributed by atoms with Crippen molar-refractivity contribution < 1.29 is 12.8 Å². The van der Waals surface area contributed by atoms with Crippen molar-refractivity contribution in [1.29, 1.82) is 0 Å². The number of benzene rings is 1. The van der Waals surface area contributed by atoms with Gasteiger partial charge in [-0.05, 0) is 56.4 Å². The molecular formula is C14H18FNO2S. The number of halogens is 1. The van der Waals surface area contributed by atoms with Crippen LogP contribution in [0, 0.1) is 5.82 Å². The van der Waals surface area contributed by atoms with Crippen LogP contribution < -0.4 is 4.72 Å². The van der Waals surface area contributed by atoms with E-state index in [0.717, 1.165) is 31.3 Å². The maximum Gasteiger partial charge on any atom is 0.257 e. The molecule has 1 aliphatic rings. The van der Waals surface area contributed by atoms with Gasteiger partial charge in [-0.1, -0.05) is 12.5 Å². The summed E-state index contributed by atoms with van der Waals surface area (Å²) in [4.78, 5) is 0.519. The molecule has 0 spiro atoms. The fourth-order valence-corrected chi connectivity index (χ4v) is 3.98. The van der Waals surface area contributed by atoms with E-state index in [1.165, 1.54) is 24.3 Å². The first-order valence-corrected chi connectivity index (χ1v) is 8.00. The van der Waals surface area contributed by atoms with Crippen molar-refractivity contribution >= 4 is 15.7 Å². The first-order chi connectivity index (χ1) is 9.03. The Kier molecular flexibility index (Phi) is 4.24. The summed E-state index contributed by atoms with van der Waals surface area (Å²) in [6, 6.07) is 5.35. The van der Waals surface area contributed by atoms with Crippen molar-refractivity contribution in [3.8, 4) is 0 Å². The van der Waals surface area contributed by atoms with Crippen molar-refractivity contribution in [3.63, 3.8) is 0 Å². The summed E-state index contributed by atoms with van der Waals surface area (Å²) in [5.74, 6) is -0.380. The maximum absolute atomic E-state index is 12.8. The summed E-state index contributed by atoms with van der Waals surface area (Å²) in [7, 11) is -3.50. The van der Waals surface area contributed by atoms with Crippen LogP contribution in [-0.2, 0) is 10.0 Å². The Morgan fingerprint density at radius 3 is 2.42 bits per heavy atom. The summed E-state index contributed by atoms with van der Waals surface area (Å²) in [5, 5.41) is 0. The number of hydrogen-bond acceptors (Lipinski definition) is 2. The minimum atomic E-state index is -3.50. The second kappa shape index (κ2) is 5.74. The molecule has 0 saturated carbocycles. The number of sulfonamides is 1. The zero-order valence-corrected chi connectivity index (χ0v) is 11.8. The minimum absolute atomic E-state index is 0.380. The third-order valence-electron chi connectivity index (χ3n) is 3.37. The molecule has 0 radical (unpaired) electrons. The van der Waals surface area contributed by atoms with E-state index in [-0.39, 0.29) is 5.82 Å². The molecule has 0 saturated heterocycles. The Morgan fingerprint density at radius 2 is 1.79 bits per heavy atom.